The Morgan fingerprint density at radius 3 is 2.47 bits per heavy atom. The van der Waals surface area contributed by atoms with E-state index in [0.29, 0.717) is 4.47 Å². The molecule has 0 bridgehead atoms. The van der Waals surface area contributed by atoms with Crippen molar-refractivity contribution in [2.75, 3.05) is 5.73 Å². The molecule has 0 aliphatic rings. The van der Waals surface area contributed by atoms with Crippen LogP contribution in [-0.2, 0) is 0 Å². The van der Waals surface area contributed by atoms with Gasteiger partial charge in [0, 0.05) is 4.47 Å². The molecule has 6 nitrogen and oxygen atoms in total. The minimum absolute atomic E-state index is 0.0178. The molecule has 0 saturated heterocycles. The third kappa shape index (κ3) is 2.25. The third-order valence-electron chi connectivity index (χ3n) is 1.75. The number of amides is 1. The zero-order valence-electron chi connectivity index (χ0n) is 7.45. The molecule has 1 aromatic carbocycles. The van der Waals surface area contributed by atoms with Gasteiger partial charge in [0.2, 0.25) is 0 Å². The topological polar surface area (TPSA) is 118 Å². The number of anilines is 1. The van der Waals surface area contributed by atoms with Gasteiger partial charge in [0.25, 0.3) is 5.91 Å². The van der Waals surface area contributed by atoms with E-state index >= 15 is 0 Å². The highest BCUT2D eigenvalue weighted by Crippen LogP contribution is 2.25. The molecule has 0 atom stereocenters. The summed E-state index contributed by atoms with van der Waals surface area (Å²) in [5, 5.41) is 8.75. The second-order valence-corrected chi connectivity index (χ2v) is 3.55. The molecular weight excluding hydrogens is 266 g/mol. The number of rotatable bonds is 2. The molecule has 6 N–H and O–H groups in total. The van der Waals surface area contributed by atoms with Crippen molar-refractivity contribution in [3.05, 3.63) is 27.7 Å². The molecule has 1 aromatic rings. The molecule has 0 aliphatic carbocycles. The van der Waals surface area contributed by atoms with Crippen molar-refractivity contribution in [1.82, 2.24) is 5.43 Å². The van der Waals surface area contributed by atoms with Crippen LogP contribution in [0.3, 0.4) is 0 Å². The smallest absolute Gasteiger partial charge is 0.335 e. The summed E-state index contributed by atoms with van der Waals surface area (Å²) in [5.41, 5.74) is 7.57. The number of carboxylic acids is 1. The monoisotopic (exact) mass is 273 g/mol. The van der Waals surface area contributed by atoms with Crippen LogP contribution in [0.1, 0.15) is 20.7 Å². The number of nitrogens with two attached hydrogens (primary N) is 2. The van der Waals surface area contributed by atoms with Crippen molar-refractivity contribution in [1.29, 1.82) is 0 Å². The van der Waals surface area contributed by atoms with Gasteiger partial charge < -0.3 is 10.8 Å². The van der Waals surface area contributed by atoms with Gasteiger partial charge in [-0.25, -0.2) is 10.6 Å². The van der Waals surface area contributed by atoms with Crippen molar-refractivity contribution in [3.63, 3.8) is 0 Å². The summed E-state index contributed by atoms with van der Waals surface area (Å²) < 4.78 is 0.334. The molecule has 0 spiro atoms. The molecule has 1 amide bonds. The summed E-state index contributed by atoms with van der Waals surface area (Å²) in [7, 11) is 0. The molecule has 15 heavy (non-hydrogen) atoms. The SMILES string of the molecule is NNC(=O)c1cc(C(=O)O)cc(Br)c1N. The molecule has 0 heterocycles. The Labute approximate surface area is 93.3 Å². The predicted octanol–water partition coefficient (Wildman–Crippen LogP) is 0.333. The van der Waals surface area contributed by atoms with Crippen LogP contribution in [0, 0.1) is 0 Å². The first-order chi connectivity index (χ1) is 6.97. The van der Waals surface area contributed by atoms with E-state index in [0.717, 1.165) is 6.07 Å². The summed E-state index contributed by atoms with van der Waals surface area (Å²) in [6, 6.07) is 2.47. The van der Waals surface area contributed by atoms with Crippen molar-refractivity contribution in [3.8, 4) is 0 Å². The second-order valence-electron chi connectivity index (χ2n) is 2.70. The molecule has 0 fully saturated rings. The predicted molar refractivity (Wildman–Crippen MR) is 57.2 cm³/mol. The summed E-state index contributed by atoms with van der Waals surface area (Å²) in [6.07, 6.45) is 0. The number of carbonyl (C=O) groups is 2. The van der Waals surface area contributed by atoms with Gasteiger partial charge in [0.15, 0.2) is 0 Å². The lowest BCUT2D eigenvalue weighted by Gasteiger charge is -2.07. The van der Waals surface area contributed by atoms with Gasteiger partial charge in [-0.05, 0) is 28.1 Å². The van der Waals surface area contributed by atoms with E-state index in [2.05, 4.69) is 15.9 Å². The van der Waals surface area contributed by atoms with E-state index < -0.39 is 11.9 Å². The molecule has 0 unspecified atom stereocenters. The average molecular weight is 274 g/mol. The van der Waals surface area contributed by atoms with Crippen molar-refractivity contribution < 1.29 is 14.7 Å². The minimum Gasteiger partial charge on any atom is -0.478 e. The Morgan fingerprint density at radius 1 is 1.40 bits per heavy atom. The van der Waals surface area contributed by atoms with Gasteiger partial charge in [-0.1, -0.05) is 0 Å². The fourth-order valence-corrected chi connectivity index (χ4v) is 1.47. The fourth-order valence-electron chi connectivity index (χ4n) is 1.01. The molecule has 0 saturated carbocycles. The number of halogens is 1. The number of carboxylic acid groups (broad SMARTS) is 1. The van der Waals surface area contributed by atoms with E-state index in [1.807, 2.05) is 5.43 Å². The van der Waals surface area contributed by atoms with Crippen molar-refractivity contribution in [2.24, 2.45) is 5.84 Å². The van der Waals surface area contributed by atoms with Gasteiger partial charge in [0.1, 0.15) is 0 Å². The first kappa shape index (κ1) is 11.5. The molecule has 1 rings (SSSR count). The molecule has 7 heteroatoms. The maximum Gasteiger partial charge on any atom is 0.335 e. The third-order valence-corrected chi connectivity index (χ3v) is 2.41. The zero-order valence-corrected chi connectivity index (χ0v) is 9.04. The van der Waals surface area contributed by atoms with Crippen molar-refractivity contribution >= 4 is 33.5 Å². The van der Waals surface area contributed by atoms with E-state index in [-0.39, 0.29) is 16.8 Å². The first-order valence-electron chi connectivity index (χ1n) is 3.80. The maximum atomic E-state index is 11.2. The van der Waals surface area contributed by atoms with Crippen LogP contribution in [0.2, 0.25) is 0 Å². The summed E-state index contributed by atoms with van der Waals surface area (Å²) in [4.78, 5) is 21.9. The number of hydrazine groups is 1. The van der Waals surface area contributed by atoms with E-state index in [4.69, 9.17) is 16.7 Å². The molecule has 0 aliphatic heterocycles. The van der Waals surface area contributed by atoms with Crippen LogP contribution in [0.15, 0.2) is 16.6 Å². The Balaban J connectivity index is 3.37. The Kier molecular flexibility index (Phi) is 3.28. The Bertz CT molecular complexity index is 433. The lowest BCUT2D eigenvalue weighted by molar-refractivity contribution is 0.0697. The van der Waals surface area contributed by atoms with E-state index in [9.17, 15) is 9.59 Å². The normalized spacial score (nSPS) is 9.73. The molecule has 0 radical (unpaired) electrons. The highest BCUT2D eigenvalue weighted by Gasteiger charge is 2.15. The molecule has 0 aromatic heterocycles. The number of carbonyl (C=O) groups excluding carboxylic acids is 1. The van der Waals surface area contributed by atoms with Crippen molar-refractivity contribution in [2.45, 2.75) is 0 Å². The number of benzene rings is 1. The number of nitrogens with one attached hydrogen (secondary N) is 1. The van der Waals surface area contributed by atoms with Gasteiger partial charge in [0.05, 0.1) is 16.8 Å². The minimum atomic E-state index is -1.15. The maximum absolute atomic E-state index is 11.2. The van der Waals surface area contributed by atoms with Crippen LogP contribution in [-0.4, -0.2) is 17.0 Å². The zero-order chi connectivity index (χ0) is 11.6. The van der Waals surface area contributed by atoms with Crippen LogP contribution < -0.4 is 17.0 Å². The average Bonchev–Trinajstić information content (AvgIpc) is 2.20. The van der Waals surface area contributed by atoms with Crippen LogP contribution in [0.25, 0.3) is 0 Å². The van der Waals surface area contributed by atoms with Gasteiger partial charge in [-0.15, -0.1) is 0 Å². The van der Waals surface area contributed by atoms with E-state index in [1.165, 1.54) is 6.07 Å². The highest BCUT2D eigenvalue weighted by atomic mass is 79.9. The number of aromatic carboxylic acids is 1. The summed E-state index contributed by atoms with van der Waals surface area (Å²) in [6.45, 7) is 0. The van der Waals surface area contributed by atoms with Crippen LogP contribution in [0.4, 0.5) is 5.69 Å². The van der Waals surface area contributed by atoms with Gasteiger partial charge in [-0.3, -0.25) is 10.2 Å². The highest BCUT2D eigenvalue weighted by molar-refractivity contribution is 9.10. The quantitative estimate of drug-likeness (QED) is 0.268. The number of nitrogen functional groups attached to an aromatic ring is 2. The first-order valence-corrected chi connectivity index (χ1v) is 4.60. The largest absolute Gasteiger partial charge is 0.478 e. The molecular formula is C8H8BrN3O3. The van der Waals surface area contributed by atoms with Gasteiger partial charge >= 0.3 is 5.97 Å². The van der Waals surface area contributed by atoms with Gasteiger partial charge in [-0.2, -0.15) is 0 Å². The fraction of sp³-hybridized carbons (Fsp3) is 0. The standard InChI is InChI=1S/C8H8BrN3O3/c9-5-2-3(8(14)15)1-4(6(5)10)7(13)12-11/h1-2H,10-11H2,(H,12,13)(H,14,15). The lowest BCUT2D eigenvalue weighted by atomic mass is 10.1. The number of hydrogen-bond donors (Lipinski definition) is 4. The summed E-state index contributed by atoms with van der Waals surface area (Å²) in [5.74, 6) is 3.14. The Hall–Kier alpha value is -1.60. The molecule has 80 valence electrons. The van der Waals surface area contributed by atoms with Crippen LogP contribution >= 0.6 is 15.9 Å². The van der Waals surface area contributed by atoms with Crippen LogP contribution in [0.5, 0.6) is 0 Å². The summed E-state index contributed by atoms with van der Waals surface area (Å²) >= 11 is 3.05. The second kappa shape index (κ2) is 4.28. The lowest BCUT2D eigenvalue weighted by Crippen LogP contribution is -2.30. The van der Waals surface area contributed by atoms with E-state index in [1.54, 1.807) is 0 Å². The Morgan fingerprint density at radius 2 is 2.00 bits per heavy atom. The number of hydrogen-bond acceptors (Lipinski definition) is 4.